The fraction of sp³-hybridized carbons (Fsp3) is 0.818. The highest BCUT2D eigenvalue weighted by molar-refractivity contribution is 5.24. The van der Waals surface area contributed by atoms with E-state index in [0.717, 1.165) is 11.8 Å². The fourth-order valence-electron chi connectivity index (χ4n) is 2.52. The van der Waals surface area contributed by atoms with E-state index in [1.54, 1.807) is 11.1 Å². The van der Waals surface area contributed by atoms with Crippen molar-refractivity contribution in [1.82, 2.24) is 5.32 Å². The molecule has 1 aliphatic carbocycles. The third-order valence-corrected chi connectivity index (χ3v) is 3.35. The van der Waals surface area contributed by atoms with Crippen molar-refractivity contribution in [1.29, 1.82) is 0 Å². The van der Waals surface area contributed by atoms with E-state index in [1.165, 1.54) is 32.4 Å². The van der Waals surface area contributed by atoms with Crippen molar-refractivity contribution in [2.45, 2.75) is 33.1 Å². The summed E-state index contributed by atoms with van der Waals surface area (Å²) in [6.07, 6.45) is 4.14. The van der Waals surface area contributed by atoms with E-state index in [1.807, 2.05) is 0 Å². The second-order valence-electron chi connectivity index (χ2n) is 4.51. The maximum Gasteiger partial charge on any atom is 0.0167 e. The highest BCUT2D eigenvalue weighted by atomic mass is 14.9. The number of hydrogen-bond donors (Lipinski definition) is 1. The third-order valence-electron chi connectivity index (χ3n) is 3.35. The number of nitrogens with one attached hydrogen (secondary N) is 1. The SMILES string of the molecule is CC1CCC2=C(C1)[C@@H](C)CNC2. The fourth-order valence-corrected chi connectivity index (χ4v) is 2.52. The summed E-state index contributed by atoms with van der Waals surface area (Å²) in [5.74, 6) is 1.74. The normalized spacial score (nSPS) is 36.5. The molecule has 12 heavy (non-hydrogen) atoms. The summed E-state index contributed by atoms with van der Waals surface area (Å²) in [5, 5.41) is 3.49. The summed E-state index contributed by atoms with van der Waals surface area (Å²) in [6.45, 7) is 7.12. The van der Waals surface area contributed by atoms with Crippen molar-refractivity contribution in [3.63, 3.8) is 0 Å². The Morgan fingerprint density at radius 3 is 3.00 bits per heavy atom. The Bertz CT molecular complexity index is 205. The third kappa shape index (κ3) is 1.42. The first-order valence-electron chi connectivity index (χ1n) is 5.19. The van der Waals surface area contributed by atoms with Crippen LogP contribution in [0.1, 0.15) is 33.1 Å². The zero-order valence-corrected chi connectivity index (χ0v) is 8.19. The largest absolute Gasteiger partial charge is 0.312 e. The Hall–Kier alpha value is -0.300. The lowest BCUT2D eigenvalue weighted by Gasteiger charge is -2.33. The highest BCUT2D eigenvalue weighted by Crippen LogP contribution is 2.34. The summed E-state index contributed by atoms with van der Waals surface area (Å²) in [6, 6.07) is 0. The minimum atomic E-state index is 0.802. The van der Waals surface area contributed by atoms with Crippen LogP contribution in [-0.2, 0) is 0 Å². The van der Waals surface area contributed by atoms with E-state index in [0.29, 0.717) is 0 Å². The molecule has 0 amide bonds. The number of rotatable bonds is 0. The minimum Gasteiger partial charge on any atom is -0.312 e. The van der Waals surface area contributed by atoms with Gasteiger partial charge in [0.25, 0.3) is 0 Å². The van der Waals surface area contributed by atoms with Gasteiger partial charge in [-0.1, -0.05) is 25.0 Å². The molecule has 0 spiro atoms. The second kappa shape index (κ2) is 3.21. The van der Waals surface area contributed by atoms with Gasteiger partial charge in [0.1, 0.15) is 0 Å². The van der Waals surface area contributed by atoms with E-state index in [2.05, 4.69) is 19.2 Å². The van der Waals surface area contributed by atoms with Crippen molar-refractivity contribution < 1.29 is 0 Å². The zero-order valence-electron chi connectivity index (χ0n) is 8.19. The molecule has 1 aliphatic heterocycles. The molecule has 0 fully saturated rings. The maximum absolute atomic E-state index is 3.49. The smallest absolute Gasteiger partial charge is 0.0167 e. The van der Waals surface area contributed by atoms with Crippen LogP contribution >= 0.6 is 0 Å². The molecule has 2 rings (SSSR count). The number of hydrogen-bond acceptors (Lipinski definition) is 1. The van der Waals surface area contributed by atoms with Crippen molar-refractivity contribution >= 4 is 0 Å². The summed E-state index contributed by atoms with van der Waals surface area (Å²) in [7, 11) is 0. The molecule has 0 aromatic carbocycles. The van der Waals surface area contributed by atoms with Crippen LogP contribution in [-0.4, -0.2) is 13.1 Å². The van der Waals surface area contributed by atoms with Crippen LogP contribution in [0.15, 0.2) is 11.1 Å². The minimum absolute atomic E-state index is 0.802. The molecule has 0 aromatic rings. The van der Waals surface area contributed by atoms with Crippen LogP contribution in [0.25, 0.3) is 0 Å². The molecular weight excluding hydrogens is 146 g/mol. The van der Waals surface area contributed by atoms with Gasteiger partial charge in [-0.2, -0.15) is 0 Å². The van der Waals surface area contributed by atoms with Gasteiger partial charge < -0.3 is 5.32 Å². The lowest BCUT2D eigenvalue weighted by atomic mass is 9.78. The first-order valence-corrected chi connectivity index (χ1v) is 5.19. The van der Waals surface area contributed by atoms with Crippen molar-refractivity contribution in [2.75, 3.05) is 13.1 Å². The Morgan fingerprint density at radius 2 is 2.17 bits per heavy atom. The summed E-state index contributed by atoms with van der Waals surface area (Å²) < 4.78 is 0. The first-order chi connectivity index (χ1) is 5.77. The van der Waals surface area contributed by atoms with Gasteiger partial charge in [-0.3, -0.25) is 0 Å². The standard InChI is InChI=1S/C11H19N/c1-8-3-4-10-7-12-6-9(2)11(10)5-8/h8-9,12H,3-7H2,1-2H3/t8?,9-/m0/s1. The van der Waals surface area contributed by atoms with Gasteiger partial charge in [0.2, 0.25) is 0 Å². The molecule has 0 saturated carbocycles. The van der Waals surface area contributed by atoms with Crippen LogP contribution in [0.4, 0.5) is 0 Å². The molecule has 1 nitrogen and oxygen atoms in total. The molecule has 0 aromatic heterocycles. The van der Waals surface area contributed by atoms with Crippen molar-refractivity contribution in [2.24, 2.45) is 11.8 Å². The molecule has 1 N–H and O–H groups in total. The van der Waals surface area contributed by atoms with Crippen LogP contribution in [0.5, 0.6) is 0 Å². The van der Waals surface area contributed by atoms with Crippen LogP contribution < -0.4 is 5.32 Å². The predicted octanol–water partition coefficient (Wildman–Crippen LogP) is 2.34. The van der Waals surface area contributed by atoms with E-state index < -0.39 is 0 Å². The maximum atomic E-state index is 3.49. The molecule has 0 bridgehead atoms. The molecule has 1 heteroatoms. The average Bonchev–Trinajstić information content (AvgIpc) is 2.07. The van der Waals surface area contributed by atoms with Crippen LogP contribution in [0.3, 0.4) is 0 Å². The van der Waals surface area contributed by atoms with Gasteiger partial charge in [-0.25, -0.2) is 0 Å². The highest BCUT2D eigenvalue weighted by Gasteiger charge is 2.24. The summed E-state index contributed by atoms with van der Waals surface area (Å²) in [5.41, 5.74) is 3.51. The molecule has 1 unspecified atom stereocenters. The molecule has 2 aliphatic rings. The monoisotopic (exact) mass is 165 g/mol. The Morgan fingerprint density at radius 1 is 1.33 bits per heavy atom. The first kappa shape index (κ1) is 8.31. The van der Waals surface area contributed by atoms with E-state index in [-0.39, 0.29) is 0 Å². The molecule has 2 atom stereocenters. The average molecular weight is 165 g/mol. The zero-order chi connectivity index (χ0) is 8.55. The van der Waals surface area contributed by atoms with Crippen molar-refractivity contribution in [3.05, 3.63) is 11.1 Å². The topological polar surface area (TPSA) is 12.0 Å². The van der Waals surface area contributed by atoms with E-state index in [9.17, 15) is 0 Å². The van der Waals surface area contributed by atoms with Gasteiger partial charge >= 0.3 is 0 Å². The van der Waals surface area contributed by atoms with Gasteiger partial charge in [-0.15, -0.1) is 0 Å². The molecular formula is C11H19N. The van der Waals surface area contributed by atoms with Gasteiger partial charge in [0.05, 0.1) is 0 Å². The summed E-state index contributed by atoms with van der Waals surface area (Å²) >= 11 is 0. The predicted molar refractivity (Wildman–Crippen MR) is 52.1 cm³/mol. The second-order valence-corrected chi connectivity index (χ2v) is 4.51. The lowest BCUT2D eigenvalue weighted by Crippen LogP contribution is -2.33. The molecule has 68 valence electrons. The van der Waals surface area contributed by atoms with Crippen LogP contribution in [0, 0.1) is 11.8 Å². The molecule has 1 heterocycles. The van der Waals surface area contributed by atoms with Gasteiger partial charge in [0.15, 0.2) is 0 Å². The lowest BCUT2D eigenvalue weighted by molar-refractivity contribution is 0.417. The molecule has 0 saturated heterocycles. The van der Waals surface area contributed by atoms with Crippen molar-refractivity contribution in [3.8, 4) is 0 Å². The van der Waals surface area contributed by atoms with E-state index >= 15 is 0 Å². The van der Waals surface area contributed by atoms with Crippen LogP contribution in [0.2, 0.25) is 0 Å². The Balaban J connectivity index is 2.19. The Kier molecular flexibility index (Phi) is 2.22. The Labute approximate surface area is 75.2 Å². The van der Waals surface area contributed by atoms with Gasteiger partial charge in [-0.05, 0) is 31.1 Å². The van der Waals surface area contributed by atoms with E-state index in [4.69, 9.17) is 0 Å². The summed E-state index contributed by atoms with van der Waals surface area (Å²) in [4.78, 5) is 0. The molecule has 0 radical (unpaired) electrons. The quantitative estimate of drug-likeness (QED) is 0.543. The van der Waals surface area contributed by atoms with Gasteiger partial charge in [0, 0.05) is 13.1 Å².